The van der Waals surface area contributed by atoms with Gasteiger partial charge in [0, 0.05) is 13.1 Å². The summed E-state index contributed by atoms with van der Waals surface area (Å²) in [5, 5.41) is 9.30. The van der Waals surface area contributed by atoms with Gasteiger partial charge in [-0.05, 0) is 31.6 Å². The van der Waals surface area contributed by atoms with E-state index < -0.39 is 17.8 Å². The molecule has 0 aromatic carbocycles. The van der Waals surface area contributed by atoms with Crippen LogP contribution < -0.4 is 0 Å². The van der Waals surface area contributed by atoms with Crippen molar-refractivity contribution in [2.75, 3.05) is 7.05 Å². The summed E-state index contributed by atoms with van der Waals surface area (Å²) in [6, 6.07) is 0.275. The summed E-state index contributed by atoms with van der Waals surface area (Å²) >= 11 is 0. The van der Waals surface area contributed by atoms with Crippen LogP contribution >= 0.6 is 0 Å². The molecule has 0 aromatic heterocycles. The minimum absolute atomic E-state index is 0.0144. The molecule has 0 saturated heterocycles. The molecule has 2 aliphatic rings. The molecule has 0 heterocycles. The van der Waals surface area contributed by atoms with Crippen LogP contribution in [0.1, 0.15) is 45.4 Å². The number of nitrogens with zero attached hydrogens (tertiary/aromatic N) is 1. The minimum atomic E-state index is -0.849. The Bertz CT molecular complexity index is 405. The Labute approximate surface area is 120 Å². The highest BCUT2D eigenvalue weighted by atomic mass is 16.4. The molecule has 20 heavy (non-hydrogen) atoms. The Hall–Kier alpha value is -1.32. The zero-order valence-electron chi connectivity index (χ0n) is 12.4. The first-order valence-corrected chi connectivity index (χ1v) is 7.67. The van der Waals surface area contributed by atoms with Crippen molar-refractivity contribution in [3.05, 3.63) is 12.2 Å². The van der Waals surface area contributed by atoms with Gasteiger partial charge in [0.1, 0.15) is 0 Å². The molecular weight excluding hydrogens is 254 g/mol. The summed E-state index contributed by atoms with van der Waals surface area (Å²) in [5.41, 5.74) is 0. The normalized spacial score (nSPS) is 33.7. The number of allylic oxidation sites excluding steroid dienone is 2. The first kappa shape index (κ1) is 15.1. The zero-order chi connectivity index (χ0) is 14.7. The lowest BCUT2D eigenvalue weighted by molar-refractivity contribution is -0.151. The van der Waals surface area contributed by atoms with E-state index in [2.05, 4.69) is 6.92 Å². The molecule has 2 aliphatic carbocycles. The topological polar surface area (TPSA) is 57.6 Å². The molecule has 0 aromatic rings. The van der Waals surface area contributed by atoms with Crippen LogP contribution in [0.3, 0.4) is 0 Å². The average molecular weight is 279 g/mol. The lowest BCUT2D eigenvalue weighted by atomic mass is 9.80. The van der Waals surface area contributed by atoms with E-state index in [1.807, 2.05) is 24.1 Å². The number of aliphatic carboxylic acids is 1. The fourth-order valence-corrected chi connectivity index (χ4v) is 3.66. The van der Waals surface area contributed by atoms with Gasteiger partial charge in [0.25, 0.3) is 0 Å². The van der Waals surface area contributed by atoms with E-state index in [0.717, 1.165) is 12.8 Å². The van der Waals surface area contributed by atoms with E-state index in [1.54, 1.807) is 0 Å². The van der Waals surface area contributed by atoms with Gasteiger partial charge in [0.2, 0.25) is 5.91 Å². The molecule has 1 amide bonds. The average Bonchev–Trinajstić information content (AvgIpc) is 2.46. The third-order valence-corrected chi connectivity index (χ3v) is 4.98. The smallest absolute Gasteiger partial charge is 0.307 e. The summed E-state index contributed by atoms with van der Waals surface area (Å²) in [5.74, 6) is -1.27. The van der Waals surface area contributed by atoms with Gasteiger partial charge in [-0.3, -0.25) is 9.59 Å². The highest BCUT2D eigenvalue weighted by Crippen LogP contribution is 2.32. The van der Waals surface area contributed by atoms with Crippen LogP contribution in [0.5, 0.6) is 0 Å². The van der Waals surface area contributed by atoms with E-state index in [-0.39, 0.29) is 11.9 Å². The van der Waals surface area contributed by atoms with Gasteiger partial charge in [-0.25, -0.2) is 0 Å². The van der Waals surface area contributed by atoms with E-state index in [1.165, 1.54) is 12.8 Å². The maximum absolute atomic E-state index is 12.7. The number of hydrogen-bond donors (Lipinski definition) is 1. The lowest BCUT2D eigenvalue weighted by Gasteiger charge is -2.39. The van der Waals surface area contributed by atoms with Gasteiger partial charge >= 0.3 is 5.97 Å². The molecule has 2 rings (SSSR count). The molecule has 4 heteroatoms. The molecule has 4 nitrogen and oxygen atoms in total. The van der Waals surface area contributed by atoms with Crippen LogP contribution in [0.2, 0.25) is 0 Å². The number of amides is 1. The molecule has 1 fully saturated rings. The number of rotatable bonds is 3. The maximum atomic E-state index is 12.7. The Balaban J connectivity index is 2.08. The number of carboxylic acid groups (broad SMARTS) is 1. The predicted molar refractivity (Wildman–Crippen MR) is 77.2 cm³/mol. The molecule has 1 N–H and O–H groups in total. The Morgan fingerprint density at radius 1 is 1.10 bits per heavy atom. The number of carboxylic acids is 1. The largest absolute Gasteiger partial charge is 0.481 e. The SMILES string of the molecule is CC1CCCCC1N(C)C(=O)[C@@H]1CC=CC[C@@H]1C(=O)O. The van der Waals surface area contributed by atoms with E-state index in [9.17, 15) is 14.7 Å². The second kappa shape index (κ2) is 6.42. The Morgan fingerprint density at radius 3 is 2.30 bits per heavy atom. The second-order valence-corrected chi connectivity index (χ2v) is 6.27. The molecule has 2 unspecified atom stereocenters. The van der Waals surface area contributed by atoms with Crippen molar-refractivity contribution >= 4 is 11.9 Å². The fraction of sp³-hybridized carbons (Fsp3) is 0.750. The third-order valence-electron chi connectivity index (χ3n) is 4.98. The summed E-state index contributed by atoms with van der Waals surface area (Å²) in [6.07, 6.45) is 9.47. The standard InChI is InChI=1S/C16H25NO3/c1-11-7-3-6-10-14(11)17(2)15(18)12-8-4-5-9-13(12)16(19)20/h4-5,11-14H,3,6-10H2,1-2H3,(H,19,20)/t11?,12-,13+,14?/m1/s1. The van der Waals surface area contributed by atoms with Crippen LogP contribution in [-0.4, -0.2) is 35.0 Å². The molecule has 0 aliphatic heterocycles. The van der Waals surface area contributed by atoms with Gasteiger partial charge in [0.15, 0.2) is 0 Å². The van der Waals surface area contributed by atoms with Crippen LogP contribution in [0.15, 0.2) is 12.2 Å². The molecule has 0 spiro atoms. The molecular formula is C16H25NO3. The fourth-order valence-electron chi connectivity index (χ4n) is 3.66. The quantitative estimate of drug-likeness (QED) is 0.808. The number of hydrogen-bond acceptors (Lipinski definition) is 2. The van der Waals surface area contributed by atoms with Crippen LogP contribution in [0, 0.1) is 17.8 Å². The molecule has 112 valence electrons. The highest BCUT2D eigenvalue weighted by Gasteiger charge is 2.38. The first-order chi connectivity index (χ1) is 9.52. The van der Waals surface area contributed by atoms with Crippen LogP contribution in [0.25, 0.3) is 0 Å². The number of carbonyl (C=O) groups is 2. The maximum Gasteiger partial charge on any atom is 0.307 e. The Kier molecular flexibility index (Phi) is 4.84. The van der Waals surface area contributed by atoms with Crippen molar-refractivity contribution in [3.63, 3.8) is 0 Å². The summed E-state index contributed by atoms with van der Waals surface area (Å²) in [4.78, 5) is 25.9. The zero-order valence-corrected chi connectivity index (χ0v) is 12.4. The molecule has 0 bridgehead atoms. The third kappa shape index (κ3) is 3.05. The van der Waals surface area contributed by atoms with Crippen LogP contribution in [0.4, 0.5) is 0 Å². The Morgan fingerprint density at radius 2 is 1.70 bits per heavy atom. The van der Waals surface area contributed by atoms with Crippen molar-refractivity contribution in [2.45, 2.75) is 51.5 Å². The van der Waals surface area contributed by atoms with E-state index >= 15 is 0 Å². The van der Waals surface area contributed by atoms with Crippen molar-refractivity contribution in [3.8, 4) is 0 Å². The van der Waals surface area contributed by atoms with Gasteiger partial charge in [-0.2, -0.15) is 0 Å². The molecule has 0 radical (unpaired) electrons. The molecule has 4 atom stereocenters. The van der Waals surface area contributed by atoms with Gasteiger partial charge in [-0.15, -0.1) is 0 Å². The van der Waals surface area contributed by atoms with Gasteiger partial charge in [-0.1, -0.05) is 31.9 Å². The minimum Gasteiger partial charge on any atom is -0.481 e. The first-order valence-electron chi connectivity index (χ1n) is 7.67. The van der Waals surface area contributed by atoms with Crippen LogP contribution in [-0.2, 0) is 9.59 Å². The van der Waals surface area contributed by atoms with E-state index in [0.29, 0.717) is 18.8 Å². The van der Waals surface area contributed by atoms with Crippen molar-refractivity contribution in [1.29, 1.82) is 0 Å². The van der Waals surface area contributed by atoms with E-state index in [4.69, 9.17) is 0 Å². The number of carbonyl (C=O) groups excluding carboxylic acids is 1. The van der Waals surface area contributed by atoms with Crippen molar-refractivity contribution < 1.29 is 14.7 Å². The predicted octanol–water partition coefficient (Wildman–Crippen LogP) is 2.69. The second-order valence-electron chi connectivity index (χ2n) is 6.27. The van der Waals surface area contributed by atoms with Crippen molar-refractivity contribution in [1.82, 2.24) is 4.90 Å². The summed E-state index contributed by atoms with van der Waals surface area (Å²) in [6.45, 7) is 2.20. The van der Waals surface area contributed by atoms with Gasteiger partial charge in [0.05, 0.1) is 11.8 Å². The monoisotopic (exact) mass is 279 g/mol. The van der Waals surface area contributed by atoms with Gasteiger partial charge < -0.3 is 10.0 Å². The summed E-state index contributed by atoms with van der Waals surface area (Å²) < 4.78 is 0. The highest BCUT2D eigenvalue weighted by molar-refractivity contribution is 5.85. The lowest BCUT2D eigenvalue weighted by Crippen LogP contribution is -2.47. The van der Waals surface area contributed by atoms with Crippen molar-refractivity contribution in [2.24, 2.45) is 17.8 Å². The molecule has 1 saturated carbocycles. The summed E-state index contributed by atoms with van der Waals surface area (Å²) in [7, 11) is 1.85.